The van der Waals surface area contributed by atoms with Crippen molar-refractivity contribution in [2.75, 3.05) is 32.9 Å². The summed E-state index contributed by atoms with van der Waals surface area (Å²) in [4.78, 5) is 13.1. The fraction of sp³-hybridized carbons (Fsp3) is 0.815. The summed E-state index contributed by atoms with van der Waals surface area (Å²) in [6, 6.07) is 0.418. The van der Waals surface area contributed by atoms with E-state index in [1.165, 1.54) is 89.9 Å². The van der Waals surface area contributed by atoms with E-state index in [1.54, 1.807) is 6.33 Å². The Morgan fingerprint density at radius 1 is 0.794 bits per heavy atom. The van der Waals surface area contributed by atoms with E-state index in [0.29, 0.717) is 11.9 Å². The minimum atomic E-state index is 0. The van der Waals surface area contributed by atoms with Gasteiger partial charge < -0.3 is 27.2 Å². The number of nitrogens with two attached hydrogens (primary N) is 1. The first-order valence-corrected chi connectivity index (χ1v) is 13.7. The zero-order valence-corrected chi connectivity index (χ0v) is 23.2. The topological polar surface area (TPSA) is 69.6 Å². The van der Waals surface area contributed by atoms with Crippen LogP contribution in [0.2, 0.25) is 0 Å². The fourth-order valence-corrected chi connectivity index (χ4v) is 4.61. The summed E-state index contributed by atoms with van der Waals surface area (Å²) in [5.74, 6) is 0.475. The molecule has 2 heterocycles. The predicted molar refractivity (Wildman–Crippen MR) is 141 cm³/mol. The lowest BCUT2D eigenvalue weighted by molar-refractivity contribution is -0.889. The molecule has 196 valence electrons. The van der Waals surface area contributed by atoms with Crippen LogP contribution in [0.4, 0.5) is 5.82 Å². The van der Waals surface area contributed by atoms with E-state index >= 15 is 0 Å². The van der Waals surface area contributed by atoms with Gasteiger partial charge in [0.15, 0.2) is 11.5 Å². The summed E-state index contributed by atoms with van der Waals surface area (Å²) < 4.78 is 3.29. The quantitative estimate of drug-likeness (QED) is 0.237. The molecule has 7 heteroatoms. The Bertz CT molecular complexity index is 776. The van der Waals surface area contributed by atoms with Crippen LogP contribution in [-0.2, 0) is 0 Å². The molecule has 6 nitrogen and oxygen atoms in total. The van der Waals surface area contributed by atoms with Gasteiger partial charge in [0.05, 0.1) is 33.5 Å². The highest BCUT2D eigenvalue weighted by Crippen LogP contribution is 2.26. The molecule has 0 aliphatic heterocycles. The van der Waals surface area contributed by atoms with Gasteiger partial charge in [-0.1, -0.05) is 90.4 Å². The lowest BCUT2D eigenvalue weighted by Gasteiger charge is -2.30. The minimum absolute atomic E-state index is 0. The largest absolute Gasteiger partial charge is 1.00 e. The summed E-state index contributed by atoms with van der Waals surface area (Å²) in [7, 11) is 4.63. The first kappa shape index (κ1) is 30.6. The van der Waals surface area contributed by atoms with E-state index in [2.05, 4.69) is 47.5 Å². The number of quaternary nitrogens is 1. The molecule has 0 bridgehead atoms. The van der Waals surface area contributed by atoms with E-state index in [9.17, 15) is 0 Å². The number of nitrogens with zero attached hydrogens (tertiary/aromatic N) is 5. The second-order valence-corrected chi connectivity index (χ2v) is 10.5. The third-order valence-electron chi connectivity index (χ3n) is 7.35. The number of hydrogen-bond donors (Lipinski definition) is 1. The number of hydrogen-bond acceptors (Lipinski definition) is 4. The average molecular weight is 495 g/mol. The van der Waals surface area contributed by atoms with Crippen LogP contribution in [0.1, 0.15) is 116 Å². The molecule has 2 N–H and O–H groups in total. The van der Waals surface area contributed by atoms with Crippen LogP contribution in [0, 0.1) is 0 Å². The summed E-state index contributed by atoms with van der Waals surface area (Å²) in [6.45, 7) is 6.85. The highest BCUT2D eigenvalue weighted by Gasteiger charge is 2.20. The van der Waals surface area contributed by atoms with Crippen molar-refractivity contribution in [1.82, 2.24) is 19.5 Å². The van der Waals surface area contributed by atoms with Gasteiger partial charge in [-0.05, 0) is 13.3 Å². The van der Waals surface area contributed by atoms with Gasteiger partial charge in [-0.3, -0.25) is 0 Å². The van der Waals surface area contributed by atoms with E-state index in [-0.39, 0.29) is 12.4 Å². The zero-order chi connectivity index (χ0) is 23.9. The van der Waals surface area contributed by atoms with Crippen molar-refractivity contribution in [3.05, 3.63) is 12.7 Å². The first-order valence-electron chi connectivity index (χ1n) is 13.7. The molecule has 2 rings (SSSR count). The number of halogens is 1. The molecule has 0 aromatic carbocycles. The molecule has 34 heavy (non-hydrogen) atoms. The van der Waals surface area contributed by atoms with Crippen LogP contribution in [0.5, 0.6) is 0 Å². The van der Waals surface area contributed by atoms with Crippen molar-refractivity contribution in [1.29, 1.82) is 0 Å². The Balaban J connectivity index is 0.00000578. The first-order chi connectivity index (χ1) is 16.0. The summed E-state index contributed by atoms with van der Waals surface area (Å²) >= 11 is 0. The van der Waals surface area contributed by atoms with E-state index in [1.807, 2.05) is 6.33 Å². The molecule has 0 saturated heterocycles. The second-order valence-electron chi connectivity index (χ2n) is 10.5. The highest BCUT2D eigenvalue weighted by atomic mass is 35.5. The van der Waals surface area contributed by atoms with Crippen LogP contribution in [-0.4, -0.2) is 51.2 Å². The monoisotopic (exact) mass is 494 g/mol. The van der Waals surface area contributed by atoms with Crippen LogP contribution in [0.3, 0.4) is 0 Å². The molecule has 1 unspecified atom stereocenters. The van der Waals surface area contributed by atoms with Crippen molar-refractivity contribution < 1.29 is 16.9 Å². The zero-order valence-electron chi connectivity index (χ0n) is 22.4. The summed E-state index contributed by atoms with van der Waals surface area (Å²) in [6.07, 6.45) is 23.9. The highest BCUT2D eigenvalue weighted by molar-refractivity contribution is 5.81. The molecule has 0 saturated carbocycles. The van der Waals surface area contributed by atoms with E-state index in [4.69, 9.17) is 5.73 Å². The maximum Gasteiger partial charge on any atom is 0.165 e. The van der Waals surface area contributed by atoms with Gasteiger partial charge in [-0.25, -0.2) is 15.0 Å². The molecule has 1 atom stereocenters. The molecule has 0 fully saturated rings. The third kappa shape index (κ3) is 10.9. The number of unbranched alkanes of at least 4 members (excludes halogenated alkanes) is 12. The number of rotatable bonds is 19. The van der Waals surface area contributed by atoms with Crippen LogP contribution >= 0.6 is 0 Å². The van der Waals surface area contributed by atoms with E-state index < -0.39 is 0 Å². The number of aromatic nitrogens is 4. The SMILES string of the molecule is CCCCCCCCCCCCCCCC(CC[N+](C)(C)CC)n1cnc2c(N)ncnc21.[Cl-]. The van der Waals surface area contributed by atoms with Crippen molar-refractivity contribution >= 4 is 17.0 Å². The smallest absolute Gasteiger partial charge is 0.165 e. The third-order valence-corrected chi connectivity index (χ3v) is 7.35. The number of imidazole rings is 1. The molecule has 2 aromatic heterocycles. The molecular weight excluding hydrogens is 444 g/mol. The maximum absolute atomic E-state index is 6.03. The Morgan fingerprint density at radius 2 is 1.35 bits per heavy atom. The van der Waals surface area contributed by atoms with Crippen LogP contribution < -0.4 is 18.1 Å². The normalized spacial score (nSPS) is 12.7. The summed E-state index contributed by atoms with van der Waals surface area (Å²) in [5.41, 5.74) is 7.64. The maximum atomic E-state index is 6.03. The van der Waals surface area contributed by atoms with Gasteiger partial charge in [0.25, 0.3) is 0 Å². The van der Waals surface area contributed by atoms with Crippen molar-refractivity contribution in [3.63, 3.8) is 0 Å². The van der Waals surface area contributed by atoms with Gasteiger partial charge in [-0.2, -0.15) is 0 Å². The van der Waals surface area contributed by atoms with Gasteiger partial charge in [0, 0.05) is 12.5 Å². The van der Waals surface area contributed by atoms with Crippen molar-refractivity contribution in [3.8, 4) is 0 Å². The van der Waals surface area contributed by atoms with E-state index in [0.717, 1.165) is 35.2 Å². The number of anilines is 1. The van der Waals surface area contributed by atoms with Crippen LogP contribution in [0.15, 0.2) is 12.7 Å². The molecule has 0 amide bonds. The standard InChI is InChI=1S/C27H51N6.ClH/c1-5-7-8-9-10-11-12-13-14-15-16-17-18-19-24(20-21-33(3,4)6-2)32-23-31-25-26(28)29-22-30-27(25)32;/h22-24H,5-21H2,1-4H3,(H2,28,29,30);1H/q+1;/p-1. The fourth-order valence-electron chi connectivity index (χ4n) is 4.61. The van der Waals surface area contributed by atoms with Crippen molar-refractivity contribution in [2.45, 2.75) is 116 Å². The van der Waals surface area contributed by atoms with Gasteiger partial charge in [0.2, 0.25) is 0 Å². The summed E-state index contributed by atoms with van der Waals surface area (Å²) in [5, 5.41) is 0. The van der Waals surface area contributed by atoms with Crippen LogP contribution in [0.25, 0.3) is 11.2 Å². The second kappa shape index (κ2) is 17.1. The predicted octanol–water partition coefficient (Wildman–Crippen LogP) is 3.92. The number of fused-ring (bicyclic) bond motifs is 1. The number of nitrogen functional groups attached to an aromatic ring is 1. The van der Waals surface area contributed by atoms with Gasteiger partial charge in [0.1, 0.15) is 11.8 Å². The lowest BCUT2D eigenvalue weighted by atomic mass is 10.0. The van der Waals surface area contributed by atoms with Crippen molar-refractivity contribution in [2.24, 2.45) is 0 Å². The molecule has 0 radical (unpaired) electrons. The van der Waals surface area contributed by atoms with Gasteiger partial charge in [-0.15, -0.1) is 0 Å². The molecule has 0 spiro atoms. The Kier molecular flexibility index (Phi) is 15.4. The average Bonchev–Trinajstić information content (AvgIpc) is 3.24. The van der Waals surface area contributed by atoms with Gasteiger partial charge >= 0.3 is 0 Å². The molecule has 0 aliphatic carbocycles. The molecule has 0 aliphatic rings. The Hall–Kier alpha value is -1.40. The molecular formula is C27H51ClN6. The Morgan fingerprint density at radius 3 is 1.91 bits per heavy atom. The lowest BCUT2D eigenvalue weighted by Crippen LogP contribution is -3.00. The minimum Gasteiger partial charge on any atom is -1.00 e. The molecule has 2 aromatic rings. The Labute approximate surface area is 215 Å².